The van der Waals surface area contributed by atoms with E-state index in [1.54, 1.807) is 31.4 Å². The molecule has 2 fully saturated rings. The van der Waals surface area contributed by atoms with Crippen LogP contribution in [0.15, 0.2) is 24.5 Å². The summed E-state index contributed by atoms with van der Waals surface area (Å²) in [4.78, 5) is 28.6. The first-order chi connectivity index (χ1) is 17.9. The molecule has 3 aromatic heterocycles. The zero-order chi connectivity index (χ0) is 26.1. The summed E-state index contributed by atoms with van der Waals surface area (Å²) in [6, 6.07) is 3.45. The average molecular weight is 527 g/mol. The molecule has 1 atom stereocenters. The van der Waals surface area contributed by atoms with Crippen LogP contribution < -0.4 is 10.2 Å². The Labute approximate surface area is 221 Å². The van der Waals surface area contributed by atoms with Gasteiger partial charge in [-0.05, 0) is 36.9 Å². The fraction of sp³-hybridized carbons (Fsp3) is 0.519. The summed E-state index contributed by atoms with van der Waals surface area (Å²) in [5, 5.41) is 13.8. The van der Waals surface area contributed by atoms with Crippen LogP contribution in [0, 0.1) is 5.82 Å². The number of fused-ring (bicyclic) bond motifs is 1. The second-order valence-corrected chi connectivity index (χ2v) is 11.2. The number of anilines is 3. The minimum absolute atomic E-state index is 0.0177. The predicted octanol–water partition coefficient (Wildman–Crippen LogP) is 4.44. The molecule has 0 radical (unpaired) electrons. The first-order valence-electron chi connectivity index (χ1n) is 13.1. The quantitative estimate of drug-likeness (QED) is 0.471. The summed E-state index contributed by atoms with van der Waals surface area (Å²) in [5.41, 5.74) is 1.81. The second-order valence-electron chi connectivity index (χ2n) is 10.2. The van der Waals surface area contributed by atoms with Crippen LogP contribution in [0.1, 0.15) is 53.8 Å². The molecule has 2 aliphatic rings. The van der Waals surface area contributed by atoms with Gasteiger partial charge in [-0.15, -0.1) is 11.3 Å². The van der Waals surface area contributed by atoms with Crippen molar-refractivity contribution in [3.05, 3.63) is 40.8 Å². The summed E-state index contributed by atoms with van der Waals surface area (Å²) in [6.07, 6.45) is 7.92. The minimum Gasteiger partial charge on any atom is -0.395 e. The molecule has 8 nitrogen and oxygen atoms in total. The van der Waals surface area contributed by atoms with Gasteiger partial charge in [0.25, 0.3) is 5.91 Å². The number of carbonyl (C=O) groups is 1. The lowest BCUT2D eigenvalue weighted by Crippen LogP contribution is -2.54. The van der Waals surface area contributed by atoms with Crippen LogP contribution in [-0.4, -0.2) is 83.7 Å². The van der Waals surface area contributed by atoms with Gasteiger partial charge < -0.3 is 20.2 Å². The Kier molecular flexibility index (Phi) is 7.60. The van der Waals surface area contributed by atoms with Gasteiger partial charge in [0.15, 0.2) is 11.6 Å². The molecule has 1 aliphatic carbocycles. The number of thiophene rings is 1. The molecular weight excluding hydrogens is 491 g/mol. The van der Waals surface area contributed by atoms with Gasteiger partial charge in [-0.1, -0.05) is 19.8 Å². The number of aliphatic hydroxyl groups is 1. The summed E-state index contributed by atoms with van der Waals surface area (Å²) < 4.78 is 16.1. The van der Waals surface area contributed by atoms with E-state index in [1.807, 2.05) is 6.07 Å². The van der Waals surface area contributed by atoms with Crippen molar-refractivity contribution in [3.8, 4) is 0 Å². The molecule has 3 aromatic rings. The number of aromatic nitrogens is 2. The smallest absolute Gasteiger partial charge is 0.263 e. The van der Waals surface area contributed by atoms with E-state index in [9.17, 15) is 9.90 Å². The molecule has 2 N–H and O–H groups in total. The van der Waals surface area contributed by atoms with Crippen molar-refractivity contribution in [3.63, 3.8) is 0 Å². The largest absolute Gasteiger partial charge is 0.395 e. The number of nitrogens with zero attached hydrogens (tertiary/aromatic N) is 5. The van der Waals surface area contributed by atoms with Crippen LogP contribution in [0.25, 0.3) is 10.1 Å². The van der Waals surface area contributed by atoms with E-state index in [0.29, 0.717) is 24.0 Å². The van der Waals surface area contributed by atoms with E-state index in [1.165, 1.54) is 30.2 Å². The molecule has 1 amide bonds. The standard InChI is InChI=1S/C27H35FN6O2S/c1-4-33-9-10-34(15-19(33)16-35)18-11-21(28)26(30-13-18)31-23-12-20-22(14-29-23)37-25(27(36)32(2)3)24(20)17-7-5-6-8-17/h11-14,17,19,35H,4-10,15-16H2,1-3H3,(H,29,30,31)/t19-/m1/s1. The van der Waals surface area contributed by atoms with E-state index in [2.05, 4.69) is 32.0 Å². The minimum atomic E-state index is -0.456. The monoisotopic (exact) mass is 526 g/mol. The molecule has 0 unspecified atom stereocenters. The van der Waals surface area contributed by atoms with Gasteiger partial charge in [0.1, 0.15) is 5.82 Å². The molecule has 0 bridgehead atoms. The first kappa shape index (κ1) is 25.8. The van der Waals surface area contributed by atoms with Crippen molar-refractivity contribution in [2.75, 3.05) is 57.1 Å². The van der Waals surface area contributed by atoms with Crippen LogP contribution in [-0.2, 0) is 0 Å². The van der Waals surface area contributed by atoms with Gasteiger partial charge in [0.05, 0.1) is 34.1 Å². The number of amides is 1. The van der Waals surface area contributed by atoms with Crippen LogP contribution >= 0.6 is 11.3 Å². The number of hydrogen-bond acceptors (Lipinski definition) is 8. The number of carbonyl (C=O) groups excluding carboxylic acids is 1. The summed E-state index contributed by atoms with van der Waals surface area (Å²) >= 11 is 1.49. The maximum Gasteiger partial charge on any atom is 0.263 e. The van der Waals surface area contributed by atoms with Gasteiger partial charge >= 0.3 is 0 Å². The Morgan fingerprint density at radius 1 is 1.22 bits per heavy atom. The highest BCUT2D eigenvalue weighted by atomic mass is 32.1. The first-order valence-corrected chi connectivity index (χ1v) is 13.9. The Bertz CT molecular complexity index is 1280. The normalized spacial score (nSPS) is 19.1. The van der Waals surface area contributed by atoms with E-state index in [0.717, 1.165) is 53.0 Å². The fourth-order valence-corrected chi connectivity index (χ4v) is 6.86. The topological polar surface area (TPSA) is 84.8 Å². The third-order valence-electron chi connectivity index (χ3n) is 7.64. The molecule has 10 heteroatoms. The van der Waals surface area contributed by atoms with Crippen molar-refractivity contribution in [2.45, 2.75) is 44.6 Å². The highest BCUT2D eigenvalue weighted by molar-refractivity contribution is 7.21. The van der Waals surface area contributed by atoms with Crippen LogP contribution in [0.3, 0.4) is 0 Å². The van der Waals surface area contributed by atoms with Gasteiger partial charge in [-0.25, -0.2) is 14.4 Å². The third kappa shape index (κ3) is 5.15. The molecule has 37 heavy (non-hydrogen) atoms. The molecule has 198 valence electrons. The third-order valence-corrected chi connectivity index (χ3v) is 8.78. The van der Waals surface area contributed by atoms with Crippen molar-refractivity contribution in [1.29, 1.82) is 0 Å². The predicted molar refractivity (Wildman–Crippen MR) is 147 cm³/mol. The molecule has 1 saturated heterocycles. The Hall–Kier alpha value is -2.82. The lowest BCUT2D eigenvalue weighted by molar-refractivity contribution is 0.0831. The van der Waals surface area contributed by atoms with Gasteiger partial charge in [0.2, 0.25) is 0 Å². The highest BCUT2D eigenvalue weighted by Gasteiger charge is 2.29. The summed E-state index contributed by atoms with van der Waals surface area (Å²) in [5.74, 6) is 0.535. The number of likely N-dealkylation sites (N-methyl/N-ethyl adjacent to an activating group) is 1. The Morgan fingerprint density at radius 2 is 2.00 bits per heavy atom. The van der Waals surface area contributed by atoms with Gasteiger partial charge in [-0.2, -0.15) is 0 Å². The zero-order valence-corrected chi connectivity index (χ0v) is 22.5. The number of rotatable bonds is 7. The van der Waals surface area contributed by atoms with Crippen LogP contribution in [0.5, 0.6) is 0 Å². The van der Waals surface area contributed by atoms with Crippen LogP contribution in [0.4, 0.5) is 21.7 Å². The summed E-state index contributed by atoms with van der Waals surface area (Å²) in [6.45, 7) is 5.23. The van der Waals surface area contributed by atoms with E-state index >= 15 is 4.39 Å². The van der Waals surface area contributed by atoms with Gasteiger partial charge in [0, 0.05) is 51.4 Å². The lowest BCUT2D eigenvalue weighted by atomic mass is 9.94. The zero-order valence-electron chi connectivity index (χ0n) is 21.7. The molecule has 4 heterocycles. The number of aliphatic hydroxyl groups excluding tert-OH is 1. The number of pyridine rings is 2. The van der Waals surface area contributed by atoms with Gasteiger partial charge in [-0.3, -0.25) is 9.69 Å². The Morgan fingerprint density at radius 3 is 2.68 bits per heavy atom. The number of hydrogen-bond donors (Lipinski definition) is 2. The second kappa shape index (κ2) is 10.9. The maximum atomic E-state index is 15.2. The molecule has 1 aliphatic heterocycles. The van der Waals surface area contributed by atoms with Crippen molar-refractivity contribution in [2.24, 2.45) is 0 Å². The SMILES string of the molecule is CCN1CCN(c2cnc(Nc3cc4c(C5CCCC5)c(C(=O)N(C)C)sc4cn3)c(F)c2)C[C@@H]1CO. The number of piperazine rings is 1. The molecule has 0 aromatic carbocycles. The fourth-order valence-electron chi connectivity index (χ4n) is 5.60. The Balaban J connectivity index is 1.41. The average Bonchev–Trinajstić information content (AvgIpc) is 3.56. The molecule has 0 spiro atoms. The van der Waals surface area contributed by atoms with E-state index in [4.69, 9.17) is 0 Å². The highest BCUT2D eigenvalue weighted by Crippen LogP contribution is 2.44. The van der Waals surface area contributed by atoms with Crippen molar-refractivity contribution >= 4 is 44.7 Å². The van der Waals surface area contributed by atoms with Crippen molar-refractivity contribution < 1.29 is 14.3 Å². The number of nitrogens with one attached hydrogen (secondary N) is 1. The lowest BCUT2D eigenvalue weighted by Gasteiger charge is -2.41. The molecular formula is C27H35FN6O2S. The maximum absolute atomic E-state index is 15.2. The summed E-state index contributed by atoms with van der Waals surface area (Å²) in [7, 11) is 3.56. The van der Waals surface area contributed by atoms with Crippen LogP contribution in [0.2, 0.25) is 0 Å². The molecule has 5 rings (SSSR count). The van der Waals surface area contributed by atoms with Crippen molar-refractivity contribution in [1.82, 2.24) is 19.8 Å². The number of halogens is 1. The van der Waals surface area contributed by atoms with E-state index in [-0.39, 0.29) is 24.4 Å². The van der Waals surface area contributed by atoms with E-state index < -0.39 is 5.82 Å². The molecule has 1 saturated carbocycles.